The van der Waals surface area contributed by atoms with E-state index in [0.29, 0.717) is 5.56 Å². The number of nitrogens with one attached hydrogen (secondary N) is 1. The Balaban J connectivity index is 2.11. The molecule has 0 aliphatic heterocycles. The minimum absolute atomic E-state index is 0.103. The average Bonchev–Trinajstić information content (AvgIpc) is 3.05. The predicted octanol–water partition coefficient (Wildman–Crippen LogP) is 5.80. The molecule has 28 heavy (non-hydrogen) atoms. The molecule has 0 saturated carbocycles. The number of carbonyl (C=O) groups is 1. The van der Waals surface area contributed by atoms with Crippen LogP contribution >= 0.6 is 23.2 Å². The number of hydrogen-bond acceptors (Lipinski definition) is 2. The third-order valence-corrected chi connectivity index (χ3v) is 4.59. The molecule has 2 aromatic carbocycles. The molecule has 0 spiro atoms. The van der Waals surface area contributed by atoms with Crippen LogP contribution in [0.1, 0.15) is 16.1 Å². The monoisotopic (exact) mass is 431 g/mol. The van der Waals surface area contributed by atoms with Crippen LogP contribution < -0.4 is 5.32 Å². The van der Waals surface area contributed by atoms with E-state index in [4.69, 9.17) is 23.2 Å². The van der Waals surface area contributed by atoms with E-state index in [1.54, 1.807) is 30.3 Å². The lowest BCUT2D eigenvalue weighted by Crippen LogP contribution is -2.19. The van der Waals surface area contributed by atoms with E-state index in [-0.39, 0.29) is 16.3 Å². The molecule has 0 bridgehead atoms. The second-order valence-corrected chi connectivity index (χ2v) is 6.58. The third-order valence-electron chi connectivity index (χ3n) is 3.83. The van der Waals surface area contributed by atoms with Crippen molar-refractivity contribution in [3.05, 3.63) is 69.7 Å². The maximum absolute atomic E-state index is 14.8. The number of aromatic nitrogens is 2. The van der Waals surface area contributed by atoms with Gasteiger partial charge in [-0.3, -0.25) is 9.48 Å². The van der Waals surface area contributed by atoms with Crippen molar-refractivity contribution in [2.24, 2.45) is 7.05 Å². The summed E-state index contributed by atoms with van der Waals surface area (Å²) in [7, 11) is 1.24. The number of rotatable bonds is 3. The highest BCUT2D eigenvalue weighted by Crippen LogP contribution is 2.39. The minimum Gasteiger partial charge on any atom is -0.319 e. The van der Waals surface area contributed by atoms with E-state index >= 15 is 0 Å². The fraction of sp³-hybridized carbons (Fsp3) is 0.111. The number of aryl methyl sites for hydroxylation is 1. The first-order chi connectivity index (χ1) is 13.1. The quantitative estimate of drug-likeness (QED) is 0.420. The number of halogens is 6. The predicted molar refractivity (Wildman–Crippen MR) is 98.0 cm³/mol. The van der Waals surface area contributed by atoms with Crippen molar-refractivity contribution in [2.75, 3.05) is 5.32 Å². The molecular weight excluding hydrogens is 421 g/mol. The van der Waals surface area contributed by atoms with E-state index in [9.17, 15) is 22.4 Å². The van der Waals surface area contributed by atoms with E-state index in [0.717, 1.165) is 10.9 Å². The van der Waals surface area contributed by atoms with Crippen LogP contribution in [0.3, 0.4) is 0 Å². The van der Waals surface area contributed by atoms with Gasteiger partial charge in [-0.25, -0.2) is 4.39 Å². The van der Waals surface area contributed by atoms with Gasteiger partial charge in [0.1, 0.15) is 0 Å². The van der Waals surface area contributed by atoms with Crippen molar-refractivity contribution in [1.29, 1.82) is 0 Å². The van der Waals surface area contributed by atoms with Crippen molar-refractivity contribution in [2.45, 2.75) is 6.18 Å². The Morgan fingerprint density at radius 1 is 1.18 bits per heavy atom. The second-order valence-electron chi connectivity index (χ2n) is 5.79. The van der Waals surface area contributed by atoms with Gasteiger partial charge in [-0.15, -0.1) is 0 Å². The van der Waals surface area contributed by atoms with Crippen molar-refractivity contribution in [1.82, 2.24) is 9.78 Å². The highest BCUT2D eigenvalue weighted by molar-refractivity contribution is 6.42. The molecule has 3 rings (SSSR count). The van der Waals surface area contributed by atoms with Gasteiger partial charge < -0.3 is 5.32 Å². The van der Waals surface area contributed by atoms with E-state index in [1.807, 2.05) is 0 Å². The fourth-order valence-electron chi connectivity index (χ4n) is 2.61. The third kappa shape index (κ3) is 3.83. The summed E-state index contributed by atoms with van der Waals surface area (Å²) in [5.41, 5.74) is -1.87. The fourth-order valence-corrected chi connectivity index (χ4v) is 2.95. The molecule has 3 aromatic rings. The van der Waals surface area contributed by atoms with Gasteiger partial charge in [0, 0.05) is 18.8 Å². The molecule has 0 fully saturated rings. The highest BCUT2D eigenvalue weighted by atomic mass is 35.5. The lowest BCUT2D eigenvalue weighted by molar-refractivity contribution is -0.141. The molecule has 0 aliphatic carbocycles. The molecular formula is C18H11Cl2F4N3O. The summed E-state index contributed by atoms with van der Waals surface area (Å²) in [4.78, 5) is 12.5. The topological polar surface area (TPSA) is 46.9 Å². The second kappa shape index (κ2) is 7.44. The number of nitrogens with zero attached hydrogens (tertiary/aromatic N) is 2. The lowest BCUT2D eigenvalue weighted by Gasteiger charge is -2.15. The number of amides is 1. The lowest BCUT2D eigenvalue weighted by atomic mass is 10.0. The van der Waals surface area contributed by atoms with E-state index in [1.165, 1.54) is 13.1 Å². The van der Waals surface area contributed by atoms with Crippen LogP contribution in [-0.4, -0.2) is 15.7 Å². The van der Waals surface area contributed by atoms with Crippen LogP contribution in [-0.2, 0) is 13.2 Å². The van der Waals surface area contributed by atoms with Crippen molar-refractivity contribution >= 4 is 34.8 Å². The number of carbonyl (C=O) groups excluding carboxylic acids is 1. The van der Waals surface area contributed by atoms with Crippen LogP contribution in [0.5, 0.6) is 0 Å². The summed E-state index contributed by atoms with van der Waals surface area (Å²) < 4.78 is 55.0. The van der Waals surface area contributed by atoms with Crippen LogP contribution in [0.2, 0.25) is 10.0 Å². The largest absolute Gasteiger partial charge is 0.435 e. The van der Waals surface area contributed by atoms with Gasteiger partial charge in [-0.05, 0) is 11.6 Å². The first-order valence-corrected chi connectivity index (χ1v) is 8.50. The first-order valence-electron chi connectivity index (χ1n) is 7.74. The van der Waals surface area contributed by atoms with E-state index in [2.05, 4.69) is 10.4 Å². The average molecular weight is 432 g/mol. The molecule has 10 heteroatoms. The number of benzene rings is 2. The molecule has 4 nitrogen and oxygen atoms in total. The zero-order chi connectivity index (χ0) is 20.6. The summed E-state index contributed by atoms with van der Waals surface area (Å²) in [6.07, 6.45) is -3.96. The molecule has 146 valence electrons. The molecule has 0 atom stereocenters. The van der Waals surface area contributed by atoms with Gasteiger partial charge in [0.15, 0.2) is 11.5 Å². The van der Waals surface area contributed by atoms with Gasteiger partial charge in [0.25, 0.3) is 5.91 Å². The smallest absolute Gasteiger partial charge is 0.319 e. The van der Waals surface area contributed by atoms with Gasteiger partial charge >= 0.3 is 6.18 Å². The Morgan fingerprint density at radius 3 is 2.43 bits per heavy atom. The Labute approximate surface area is 166 Å². The highest BCUT2D eigenvalue weighted by Gasteiger charge is 2.39. The van der Waals surface area contributed by atoms with Crippen LogP contribution in [0.25, 0.3) is 11.1 Å². The van der Waals surface area contributed by atoms with Crippen molar-refractivity contribution in [3.63, 3.8) is 0 Å². The van der Waals surface area contributed by atoms with Gasteiger partial charge in [0.2, 0.25) is 0 Å². The Morgan fingerprint density at radius 2 is 1.82 bits per heavy atom. The number of alkyl halides is 3. The number of hydrogen-bond donors (Lipinski definition) is 1. The molecule has 0 aliphatic rings. The molecule has 1 N–H and O–H groups in total. The SMILES string of the molecule is Cn1cc(C(=O)Nc2c(-c3ccccc3)cc(Cl)c(Cl)c2F)c(C(F)(F)F)n1. The maximum atomic E-state index is 14.8. The molecule has 1 amide bonds. The first kappa shape index (κ1) is 20.2. The molecule has 0 radical (unpaired) electrons. The Hall–Kier alpha value is -2.58. The van der Waals surface area contributed by atoms with Crippen LogP contribution in [0.4, 0.5) is 23.2 Å². The zero-order valence-corrected chi connectivity index (χ0v) is 15.6. The van der Waals surface area contributed by atoms with Gasteiger partial charge in [0.05, 0.1) is 21.3 Å². The number of anilines is 1. The maximum Gasteiger partial charge on any atom is 0.435 e. The normalized spacial score (nSPS) is 11.5. The van der Waals surface area contributed by atoms with Gasteiger partial charge in [-0.2, -0.15) is 18.3 Å². The zero-order valence-electron chi connectivity index (χ0n) is 14.1. The summed E-state index contributed by atoms with van der Waals surface area (Å²) in [5.74, 6) is -2.24. The summed E-state index contributed by atoms with van der Waals surface area (Å²) in [6, 6.07) is 9.64. The molecule has 1 heterocycles. The van der Waals surface area contributed by atoms with E-state index < -0.39 is 34.2 Å². The Bertz CT molecular complexity index is 1050. The summed E-state index contributed by atoms with van der Waals surface area (Å²) in [6.45, 7) is 0. The molecule has 1 aromatic heterocycles. The summed E-state index contributed by atoms with van der Waals surface area (Å²) >= 11 is 11.8. The van der Waals surface area contributed by atoms with Crippen LogP contribution in [0, 0.1) is 5.82 Å². The molecule has 0 unspecified atom stereocenters. The van der Waals surface area contributed by atoms with Crippen molar-refractivity contribution in [3.8, 4) is 11.1 Å². The standard InChI is InChI=1S/C18H11Cl2F4N3O/c1-27-8-11(16(26-27)18(22,23)24)17(28)25-15-10(9-5-3-2-4-6-9)7-12(19)13(20)14(15)21/h2-8H,1H3,(H,25,28). The van der Waals surface area contributed by atoms with Crippen LogP contribution in [0.15, 0.2) is 42.6 Å². The Kier molecular flexibility index (Phi) is 5.36. The molecule has 0 saturated heterocycles. The minimum atomic E-state index is -4.85. The van der Waals surface area contributed by atoms with Crippen molar-refractivity contribution < 1.29 is 22.4 Å². The van der Waals surface area contributed by atoms with Gasteiger partial charge in [-0.1, -0.05) is 53.5 Å². The summed E-state index contributed by atoms with van der Waals surface area (Å²) in [5, 5.41) is 4.88.